The molecular formula is C15H12F2N2O2. The van der Waals surface area contributed by atoms with Crippen LogP contribution in [0, 0.1) is 11.6 Å². The number of hydrogen-bond acceptors (Lipinski definition) is 2. The number of carbonyl (C=O) groups is 2. The van der Waals surface area contributed by atoms with Gasteiger partial charge < -0.3 is 10.6 Å². The molecule has 2 aromatic carbocycles. The van der Waals surface area contributed by atoms with Gasteiger partial charge in [0.15, 0.2) is 11.6 Å². The molecule has 0 bridgehead atoms. The Balaban J connectivity index is 2.19. The minimum Gasteiger partial charge on any atom is -0.355 e. The van der Waals surface area contributed by atoms with Crippen LogP contribution in [0.5, 0.6) is 0 Å². The van der Waals surface area contributed by atoms with E-state index in [-0.39, 0.29) is 11.5 Å². The van der Waals surface area contributed by atoms with E-state index in [2.05, 4.69) is 10.6 Å². The van der Waals surface area contributed by atoms with E-state index in [1.165, 1.54) is 19.2 Å². The molecule has 0 aliphatic rings. The van der Waals surface area contributed by atoms with Gasteiger partial charge in [-0.25, -0.2) is 8.78 Å². The zero-order valence-electron chi connectivity index (χ0n) is 11.1. The van der Waals surface area contributed by atoms with Crippen molar-refractivity contribution in [2.75, 3.05) is 12.4 Å². The van der Waals surface area contributed by atoms with E-state index in [9.17, 15) is 18.4 Å². The summed E-state index contributed by atoms with van der Waals surface area (Å²) in [5.41, 5.74) is 0.741. The lowest BCUT2D eigenvalue weighted by Crippen LogP contribution is -2.18. The molecule has 0 heterocycles. The van der Waals surface area contributed by atoms with Crippen LogP contribution in [0.3, 0.4) is 0 Å². The molecule has 2 aromatic rings. The highest BCUT2D eigenvalue weighted by Gasteiger charge is 2.11. The SMILES string of the molecule is CNC(=O)c1cccc(NC(=O)c2ccc(F)c(F)c2)c1. The first-order valence-electron chi connectivity index (χ1n) is 6.10. The van der Waals surface area contributed by atoms with Gasteiger partial charge in [0, 0.05) is 23.9 Å². The summed E-state index contributed by atoms with van der Waals surface area (Å²) in [5.74, 6) is -3.00. The van der Waals surface area contributed by atoms with Crippen molar-refractivity contribution in [3.8, 4) is 0 Å². The molecule has 0 aliphatic heterocycles. The third-order valence-corrected chi connectivity index (χ3v) is 2.79. The van der Waals surface area contributed by atoms with E-state index < -0.39 is 17.5 Å². The van der Waals surface area contributed by atoms with Gasteiger partial charge in [0.2, 0.25) is 0 Å². The first-order valence-corrected chi connectivity index (χ1v) is 6.10. The standard InChI is InChI=1S/C15H12F2N2O2/c1-18-14(20)9-3-2-4-11(7-9)19-15(21)10-5-6-12(16)13(17)8-10/h2-8H,1H3,(H,18,20)(H,19,21). The Hall–Kier alpha value is -2.76. The van der Waals surface area contributed by atoms with Gasteiger partial charge in [0.1, 0.15) is 0 Å². The van der Waals surface area contributed by atoms with E-state index in [4.69, 9.17) is 0 Å². The molecule has 0 saturated heterocycles. The number of carbonyl (C=O) groups excluding carboxylic acids is 2. The molecule has 0 radical (unpaired) electrons. The van der Waals surface area contributed by atoms with Crippen molar-refractivity contribution in [2.45, 2.75) is 0 Å². The maximum Gasteiger partial charge on any atom is 0.255 e. The van der Waals surface area contributed by atoms with Crippen molar-refractivity contribution in [3.05, 3.63) is 65.2 Å². The van der Waals surface area contributed by atoms with Gasteiger partial charge in [0.25, 0.3) is 11.8 Å². The molecule has 0 saturated carbocycles. The molecule has 0 atom stereocenters. The van der Waals surface area contributed by atoms with Crippen LogP contribution in [0.25, 0.3) is 0 Å². The summed E-state index contributed by atoms with van der Waals surface area (Å²) >= 11 is 0. The fraction of sp³-hybridized carbons (Fsp3) is 0.0667. The normalized spacial score (nSPS) is 10.0. The van der Waals surface area contributed by atoms with Crippen LogP contribution in [0.15, 0.2) is 42.5 Å². The number of halogens is 2. The lowest BCUT2D eigenvalue weighted by Gasteiger charge is -2.07. The summed E-state index contributed by atoms with van der Waals surface area (Å²) < 4.78 is 25.9. The van der Waals surface area contributed by atoms with E-state index in [0.29, 0.717) is 11.3 Å². The van der Waals surface area contributed by atoms with Crippen molar-refractivity contribution in [1.29, 1.82) is 0 Å². The minimum absolute atomic E-state index is 0.0146. The molecule has 0 spiro atoms. The number of benzene rings is 2. The van der Waals surface area contributed by atoms with Gasteiger partial charge in [-0.2, -0.15) is 0 Å². The lowest BCUT2D eigenvalue weighted by atomic mass is 10.1. The van der Waals surface area contributed by atoms with Crippen LogP contribution < -0.4 is 10.6 Å². The number of hydrogen-bond donors (Lipinski definition) is 2. The average molecular weight is 290 g/mol. The van der Waals surface area contributed by atoms with Crippen molar-refractivity contribution < 1.29 is 18.4 Å². The molecule has 2 rings (SSSR count). The fourth-order valence-electron chi connectivity index (χ4n) is 1.72. The molecule has 108 valence electrons. The van der Waals surface area contributed by atoms with E-state index in [1.807, 2.05) is 0 Å². The molecule has 4 nitrogen and oxygen atoms in total. The van der Waals surface area contributed by atoms with Gasteiger partial charge in [-0.15, -0.1) is 0 Å². The van der Waals surface area contributed by atoms with Gasteiger partial charge in [0.05, 0.1) is 0 Å². The molecule has 0 aromatic heterocycles. The lowest BCUT2D eigenvalue weighted by molar-refractivity contribution is 0.0961. The highest BCUT2D eigenvalue weighted by molar-refractivity contribution is 6.05. The van der Waals surface area contributed by atoms with Crippen LogP contribution in [-0.4, -0.2) is 18.9 Å². The first-order chi connectivity index (χ1) is 10.0. The Morgan fingerprint density at radius 3 is 2.29 bits per heavy atom. The van der Waals surface area contributed by atoms with E-state index in [0.717, 1.165) is 12.1 Å². The van der Waals surface area contributed by atoms with Crippen LogP contribution in [0.4, 0.5) is 14.5 Å². The number of rotatable bonds is 3. The van der Waals surface area contributed by atoms with Crippen molar-refractivity contribution in [3.63, 3.8) is 0 Å². The summed E-state index contributed by atoms with van der Waals surface area (Å²) in [7, 11) is 1.49. The number of anilines is 1. The summed E-state index contributed by atoms with van der Waals surface area (Å²) in [5, 5.41) is 4.98. The molecule has 6 heteroatoms. The molecule has 0 aliphatic carbocycles. The van der Waals surface area contributed by atoms with Gasteiger partial charge in [-0.1, -0.05) is 6.07 Å². The Kier molecular flexibility index (Phi) is 4.27. The van der Waals surface area contributed by atoms with E-state index >= 15 is 0 Å². The van der Waals surface area contributed by atoms with Crippen LogP contribution >= 0.6 is 0 Å². The summed E-state index contributed by atoms with van der Waals surface area (Å²) in [6, 6.07) is 9.13. The second-order valence-electron chi connectivity index (χ2n) is 4.24. The Morgan fingerprint density at radius 1 is 0.905 bits per heavy atom. The predicted octanol–water partition coefficient (Wildman–Crippen LogP) is 2.58. The monoisotopic (exact) mass is 290 g/mol. The maximum atomic E-state index is 13.1. The third kappa shape index (κ3) is 3.42. The maximum absolute atomic E-state index is 13.1. The molecule has 0 fully saturated rings. The largest absolute Gasteiger partial charge is 0.355 e. The summed E-state index contributed by atoms with van der Waals surface area (Å²) in [6.07, 6.45) is 0. The van der Waals surface area contributed by atoms with Crippen molar-refractivity contribution >= 4 is 17.5 Å². The zero-order chi connectivity index (χ0) is 15.4. The average Bonchev–Trinajstić information content (AvgIpc) is 2.49. The fourth-order valence-corrected chi connectivity index (χ4v) is 1.72. The number of nitrogens with one attached hydrogen (secondary N) is 2. The van der Waals surface area contributed by atoms with E-state index in [1.54, 1.807) is 18.2 Å². The smallest absolute Gasteiger partial charge is 0.255 e. The molecule has 0 unspecified atom stereocenters. The highest BCUT2D eigenvalue weighted by Crippen LogP contribution is 2.14. The van der Waals surface area contributed by atoms with Gasteiger partial charge in [-0.3, -0.25) is 9.59 Å². The molecule has 21 heavy (non-hydrogen) atoms. The third-order valence-electron chi connectivity index (χ3n) is 2.79. The second kappa shape index (κ2) is 6.13. The Labute approximate surface area is 119 Å². The number of amides is 2. The zero-order valence-corrected chi connectivity index (χ0v) is 11.1. The topological polar surface area (TPSA) is 58.2 Å². The Bertz CT molecular complexity index is 702. The van der Waals surface area contributed by atoms with Crippen molar-refractivity contribution in [2.24, 2.45) is 0 Å². The second-order valence-corrected chi connectivity index (χ2v) is 4.24. The highest BCUT2D eigenvalue weighted by atomic mass is 19.2. The quantitative estimate of drug-likeness (QED) is 0.912. The van der Waals surface area contributed by atoms with Gasteiger partial charge in [-0.05, 0) is 36.4 Å². The molecular weight excluding hydrogens is 278 g/mol. The van der Waals surface area contributed by atoms with Crippen LogP contribution in [0.2, 0.25) is 0 Å². The van der Waals surface area contributed by atoms with Crippen LogP contribution in [0.1, 0.15) is 20.7 Å². The minimum atomic E-state index is -1.10. The first kappa shape index (κ1) is 14.6. The van der Waals surface area contributed by atoms with Crippen molar-refractivity contribution in [1.82, 2.24) is 5.32 Å². The molecule has 2 N–H and O–H groups in total. The summed E-state index contributed by atoms with van der Waals surface area (Å²) in [6.45, 7) is 0. The summed E-state index contributed by atoms with van der Waals surface area (Å²) in [4.78, 5) is 23.4. The van der Waals surface area contributed by atoms with Gasteiger partial charge >= 0.3 is 0 Å². The van der Waals surface area contributed by atoms with Crippen LogP contribution in [-0.2, 0) is 0 Å². The predicted molar refractivity (Wildman–Crippen MR) is 74.1 cm³/mol. The Morgan fingerprint density at radius 2 is 1.62 bits per heavy atom. The molecule has 2 amide bonds.